The Morgan fingerprint density at radius 3 is 2.25 bits per heavy atom. The van der Waals surface area contributed by atoms with Crippen LogP contribution in [0.15, 0.2) is 69.3 Å². The summed E-state index contributed by atoms with van der Waals surface area (Å²) in [4.78, 5) is 0. The summed E-state index contributed by atoms with van der Waals surface area (Å²) in [6.45, 7) is 0.622. The largest absolute Gasteiger partial charge is 0.184 e. The fourth-order valence-corrected chi connectivity index (χ4v) is 1.55. The van der Waals surface area contributed by atoms with Gasteiger partial charge in [0.15, 0.2) is 0 Å². The van der Waals surface area contributed by atoms with Crippen molar-refractivity contribution in [3.63, 3.8) is 0 Å². The van der Waals surface area contributed by atoms with Crippen LogP contribution >= 0.6 is 15.9 Å². The Kier molecular flexibility index (Phi) is 3.83. The maximum Gasteiger partial charge on any atom is 0.0853 e. The third-order valence-corrected chi connectivity index (χ3v) is 2.64. The second kappa shape index (κ2) is 5.56. The predicted octanol–water partition coefficient (Wildman–Crippen LogP) is 4.73. The van der Waals surface area contributed by atoms with Crippen LogP contribution in [0, 0.1) is 0 Å². The van der Waals surface area contributed by atoms with Gasteiger partial charge in [-0.3, -0.25) is 0 Å². The quantitative estimate of drug-likeness (QED) is 0.723. The summed E-state index contributed by atoms with van der Waals surface area (Å²) >= 11 is 3.38. The first-order valence-electron chi connectivity index (χ1n) is 5.01. The Balaban J connectivity index is 1.98. The smallest absolute Gasteiger partial charge is 0.0853 e. The van der Waals surface area contributed by atoms with Gasteiger partial charge in [0.1, 0.15) is 0 Å². The summed E-state index contributed by atoms with van der Waals surface area (Å²) < 4.78 is 1.05. The van der Waals surface area contributed by atoms with Gasteiger partial charge in [0.25, 0.3) is 0 Å². The van der Waals surface area contributed by atoms with Crippen LogP contribution in [0.3, 0.4) is 0 Å². The van der Waals surface area contributed by atoms with E-state index in [-0.39, 0.29) is 0 Å². The molecule has 0 spiro atoms. The minimum absolute atomic E-state index is 0.622. The molecule has 0 aromatic heterocycles. The van der Waals surface area contributed by atoms with E-state index >= 15 is 0 Å². The molecule has 0 N–H and O–H groups in total. The second-order valence-electron chi connectivity index (χ2n) is 3.36. The average Bonchev–Trinajstić information content (AvgIpc) is 2.33. The number of azo groups is 1. The number of halogens is 1. The molecule has 0 radical (unpaired) electrons. The van der Waals surface area contributed by atoms with Gasteiger partial charge >= 0.3 is 0 Å². The minimum atomic E-state index is 0.622. The predicted molar refractivity (Wildman–Crippen MR) is 68.8 cm³/mol. The fourth-order valence-electron chi connectivity index (χ4n) is 1.29. The van der Waals surface area contributed by atoms with E-state index in [1.54, 1.807) is 0 Å². The van der Waals surface area contributed by atoms with Crippen molar-refractivity contribution in [2.75, 3.05) is 0 Å². The van der Waals surface area contributed by atoms with Crippen LogP contribution in [-0.2, 0) is 6.54 Å². The van der Waals surface area contributed by atoms with Crippen LogP contribution in [-0.4, -0.2) is 0 Å². The molecule has 2 aromatic carbocycles. The summed E-state index contributed by atoms with van der Waals surface area (Å²) in [6.07, 6.45) is 0. The van der Waals surface area contributed by atoms with E-state index < -0.39 is 0 Å². The van der Waals surface area contributed by atoms with E-state index in [2.05, 4.69) is 26.2 Å². The molecule has 0 atom stereocenters. The molecule has 2 rings (SSSR count). The molecular weight excluding hydrogens is 264 g/mol. The molecule has 0 saturated heterocycles. The lowest BCUT2D eigenvalue weighted by molar-refractivity contribution is 0.959. The molecule has 0 heterocycles. The van der Waals surface area contributed by atoms with Crippen molar-refractivity contribution in [1.29, 1.82) is 0 Å². The maximum atomic E-state index is 4.15. The molecule has 0 amide bonds. The molecule has 3 heteroatoms. The van der Waals surface area contributed by atoms with Gasteiger partial charge in [0, 0.05) is 4.47 Å². The number of rotatable bonds is 3. The molecule has 0 aliphatic rings. The van der Waals surface area contributed by atoms with Crippen LogP contribution in [0.25, 0.3) is 0 Å². The normalized spacial score (nSPS) is 10.8. The third kappa shape index (κ3) is 3.28. The van der Waals surface area contributed by atoms with Gasteiger partial charge in [0.2, 0.25) is 0 Å². The second-order valence-corrected chi connectivity index (χ2v) is 4.28. The van der Waals surface area contributed by atoms with Gasteiger partial charge in [-0.15, -0.1) is 0 Å². The van der Waals surface area contributed by atoms with Crippen molar-refractivity contribution in [2.24, 2.45) is 10.2 Å². The zero-order chi connectivity index (χ0) is 11.2. The van der Waals surface area contributed by atoms with Gasteiger partial charge in [0.05, 0.1) is 12.2 Å². The highest BCUT2D eigenvalue weighted by Crippen LogP contribution is 2.17. The molecule has 0 saturated carbocycles. The first kappa shape index (κ1) is 11.0. The zero-order valence-electron chi connectivity index (χ0n) is 8.68. The standard InChI is InChI=1S/C13H11BrN2/c14-12-6-8-13(9-7-12)16-15-10-11-4-2-1-3-5-11/h1-9H,10H2. The highest BCUT2D eigenvalue weighted by Gasteiger charge is 1.90. The van der Waals surface area contributed by atoms with E-state index in [0.29, 0.717) is 6.54 Å². The summed E-state index contributed by atoms with van der Waals surface area (Å²) in [5.74, 6) is 0. The Hall–Kier alpha value is -1.48. The Bertz CT molecular complexity index is 463. The third-order valence-electron chi connectivity index (χ3n) is 2.11. The van der Waals surface area contributed by atoms with Crippen LogP contribution in [0.2, 0.25) is 0 Å². The van der Waals surface area contributed by atoms with E-state index in [0.717, 1.165) is 10.2 Å². The first-order chi connectivity index (χ1) is 7.84. The lowest BCUT2D eigenvalue weighted by Gasteiger charge is -1.94. The molecule has 2 aromatic rings. The molecule has 2 nitrogen and oxygen atoms in total. The van der Waals surface area contributed by atoms with Crippen LogP contribution in [0.1, 0.15) is 5.56 Å². The van der Waals surface area contributed by atoms with E-state index in [1.165, 1.54) is 5.56 Å². The first-order valence-corrected chi connectivity index (χ1v) is 5.81. The van der Waals surface area contributed by atoms with Crippen LogP contribution in [0.4, 0.5) is 5.69 Å². The molecule has 16 heavy (non-hydrogen) atoms. The van der Waals surface area contributed by atoms with Crippen molar-refractivity contribution in [3.05, 3.63) is 64.6 Å². The molecule has 0 aliphatic carbocycles. The molecule has 0 unspecified atom stereocenters. The fraction of sp³-hybridized carbons (Fsp3) is 0.0769. The van der Waals surface area contributed by atoms with Gasteiger partial charge < -0.3 is 0 Å². The molecule has 80 valence electrons. The van der Waals surface area contributed by atoms with Crippen molar-refractivity contribution in [3.8, 4) is 0 Å². The van der Waals surface area contributed by atoms with E-state index in [1.807, 2.05) is 54.6 Å². The Morgan fingerprint density at radius 2 is 1.56 bits per heavy atom. The molecular formula is C13H11BrN2. The van der Waals surface area contributed by atoms with Gasteiger partial charge in [-0.25, -0.2) is 0 Å². The number of nitrogens with zero attached hydrogens (tertiary/aromatic N) is 2. The van der Waals surface area contributed by atoms with Crippen LogP contribution in [0.5, 0.6) is 0 Å². The van der Waals surface area contributed by atoms with Crippen molar-refractivity contribution in [2.45, 2.75) is 6.54 Å². The SMILES string of the molecule is Brc1ccc(N=NCc2ccccc2)cc1. The lowest BCUT2D eigenvalue weighted by atomic mass is 10.2. The zero-order valence-corrected chi connectivity index (χ0v) is 10.3. The van der Waals surface area contributed by atoms with Crippen molar-refractivity contribution in [1.82, 2.24) is 0 Å². The Labute approximate surface area is 103 Å². The van der Waals surface area contributed by atoms with Crippen molar-refractivity contribution < 1.29 is 0 Å². The Morgan fingerprint density at radius 1 is 0.875 bits per heavy atom. The summed E-state index contributed by atoms with van der Waals surface area (Å²) in [5.41, 5.74) is 2.04. The highest BCUT2D eigenvalue weighted by atomic mass is 79.9. The maximum absolute atomic E-state index is 4.15. The minimum Gasteiger partial charge on any atom is -0.184 e. The monoisotopic (exact) mass is 274 g/mol. The van der Waals surface area contributed by atoms with Gasteiger partial charge in [-0.05, 0) is 29.8 Å². The number of hydrogen-bond acceptors (Lipinski definition) is 2. The van der Waals surface area contributed by atoms with Gasteiger partial charge in [-0.2, -0.15) is 10.2 Å². The highest BCUT2D eigenvalue weighted by molar-refractivity contribution is 9.10. The number of hydrogen-bond donors (Lipinski definition) is 0. The van der Waals surface area contributed by atoms with E-state index in [9.17, 15) is 0 Å². The topological polar surface area (TPSA) is 24.7 Å². The molecule has 0 fully saturated rings. The average molecular weight is 275 g/mol. The summed E-state index contributed by atoms with van der Waals surface area (Å²) in [7, 11) is 0. The number of benzene rings is 2. The molecule has 0 aliphatic heterocycles. The molecule has 0 bridgehead atoms. The van der Waals surface area contributed by atoms with Crippen molar-refractivity contribution >= 4 is 21.6 Å². The summed E-state index contributed by atoms with van der Waals surface area (Å²) in [5, 5.41) is 8.30. The van der Waals surface area contributed by atoms with E-state index in [4.69, 9.17) is 0 Å². The lowest BCUT2D eigenvalue weighted by Crippen LogP contribution is -1.77. The van der Waals surface area contributed by atoms with Gasteiger partial charge in [-0.1, -0.05) is 46.3 Å². The van der Waals surface area contributed by atoms with Crippen LogP contribution < -0.4 is 0 Å². The summed E-state index contributed by atoms with van der Waals surface area (Å²) in [6, 6.07) is 17.9.